The van der Waals surface area contributed by atoms with Crippen LogP contribution in [-0.4, -0.2) is 72.6 Å². The van der Waals surface area contributed by atoms with Gasteiger partial charge in [-0.2, -0.15) is 18.2 Å². The second-order valence-corrected chi connectivity index (χ2v) is 10.3. The van der Waals surface area contributed by atoms with Crippen LogP contribution in [0.5, 0.6) is 0 Å². The van der Waals surface area contributed by atoms with Gasteiger partial charge in [-0.25, -0.2) is 14.3 Å². The molecule has 182 valence electrons. The van der Waals surface area contributed by atoms with E-state index >= 15 is 0 Å². The summed E-state index contributed by atoms with van der Waals surface area (Å²) in [5, 5.41) is 16.7. The van der Waals surface area contributed by atoms with Crippen molar-refractivity contribution in [3.8, 4) is 10.7 Å². The molecule has 3 saturated heterocycles. The molecule has 3 aromatic heterocycles. The molecule has 3 atom stereocenters. The Bertz CT molecular complexity index is 1210. The number of piperidine rings is 1. The molecule has 3 aliphatic rings. The number of carbonyl (C=O) groups excluding carboxylic acids is 1. The average molecular weight is 497 g/mol. The number of hydrogen-bond acceptors (Lipinski definition) is 8. The maximum atomic E-state index is 13.3. The van der Waals surface area contributed by atoms with Gasteiger partial charge in [0.15, 0.2) is 11.8 Å². The maximum absolute atomic E-state index is 13.3. The molecular formula is C21H23F3N6O3S. The van der Waals surface area contributed by atoms with E-state index in [9.17, 15) is 23.1 Å². The number of carbonyl (C=O) groups is 1. The predicted octanol–water partition coefficient (Wildman–Crippen LogP) is 3.65. The number of hydrogen-bond donors (Lipinski definition) is 1. The summed E-state index contributed by atoms with van der Waals surface area (Å²) in [6.07, 6.45) is -5.53. The minimum absolute atomic E-state index is 0.0872. The zero-order valence-electron chi connectivity index (χ0n) is 18.7. The molecule has 3 fully saturated rings. The van der Waals surface area contributed by atoms with Crippen molar-refractivity contribution in [2.45, 2.75) is 57.2 Å². The second kappa shape index (κ2) is 7.80. The van der Waals surface area contributed by atoms with Crippen molar-refractivity contribution >= 4 is 29.0 Å². The highest BCUT2D eigenvalue weighted by Crippen LogP contribution is 2.38. The van der Waals surface area contributed by atoms with E-state index in [0.29, 0.717) is 23.8 Å². The lowest BCUT2D eigenvalue weighted by atomic mass is 9.88. The summed E-state index contributed by atoms with van der Waals surface area (Å²) in [5.74, 6) is 0.234. The number of piperazine rings is 1. The fourth-order valence-electron chi connectivity index (χ4n) is 4.39. The van der Waals surface area contributed by atoms with Crippen LogP contribution in [0.25, 0.3) is 16.3 Å². The molecule has 6 heterocycles. The number of thiazole rings is 1. The third-order valence-electron chi connectivity index (χ3n) is 5.84. The zero-order valence-corrected chi connectivity index (χ0v) is 19.5. The maximum Gasteiger partial charge on any atom is 0.418 e. The molecule has 34 heavy (non-hydrogen) atoms. The van der Waals surface area contributed by atoms with Crippen molar-refractivity contribution in [1.29, 1.82) is 0 Å². The molecule has 0 saturated carbocycles. The Labute approximate surface area is 196 Å². The number of halogens is 3. The van der Waals surface area contributed by atoms with Crippen molar-refractivity contribution in [3.05, 3.63) is 29.3 Å². The molecule has 0 radical (unpaired) electrons. The van der Waals surface area contributed by atoms with Crippen molar-refractivity contribution in [3.63, 3.8) is 0 Å². The Hall–Kier alpha value is -2.93. The van der Waals surface area contributed by atoms with Gasteiger partial charge < -0.3 is 14.7 Å². The van der Waals surface area contributed by atoms with E-state index in [4.69, 9.17) is 4.74 Å². The number of aliphatic hydroxyl groups is 1. The SMILES string of the molecule is CC(C)(C)OC(=O)N1C2CC1CN(c1nc3c(C(O)C(F)(F)F)ccc(-c4nccs4)n3n1)C2. The molecular weight excluding hydrogens is 473 g/mol. The zero-order chi connectivity index (χ0) is 24.4. The topological polar surface area (TPSA) is 96.1 Å². The van der Waals surface area contributed by atoms with E-state index in [2.05, 4.69) is 15.1 Å². The molecule has 2 bridgehead atoms. The lowest BCUT2D eigenvalue weighted by Crippen LogP contribution is -2.70. The van der Waals surface area contributed by atoms with Gasteiger partial charge in [0.05, 0.1) is 12.1 Å². The average Bonchev–Trinajstić information content (AvgIpc) is 3.40. The molecule has 13 heteroatoms. The molecule has 1 N–H and O–H groups in total. The first-order valence-electron chi connectivity index (χ1n) is 10.7. The van der Waals surface area contributed by atoms with Crippen LogP contribution in [0, 0.1) is 0 Å². The van der Waals surface area contributed by atoms with Gasteiger partial charge in [-0.3, -0.25) is 4.90 Å². The van der Waals surface area contributed by atoms with Crippen molar-refractivity contribution in [1.82, 2.24) is 24.5 Å². The summed E-state index contributed by atoms with van der Waals surface area (Å²) in [6.45, 7) is 6.27. The van der Waals surface area contributed by atoms with Gasteiger partial charge in [0.2, 0.25) is 5.95 Å². The van der Waals surface area contributed by atoms with Gasteiger partial charge in [-0.15, -0.1) is 16.4 Å². The predicted molar refractivity (Wildman–Crippen MR) is 118 cm³/mol. The van der Waals surface area contributed by atoms with Gasteiger partial charge in [-0.05, 0) is 33.3 Å². The van der Waals surface area contributed by atoms with Crippen LogP contribution >= 0.6 is 11.3 Å². The van der Waals surface area contributed by atoms with Crippen LogP contribution in [0.1, 0.15) is 38.9 Å². The Morgan fingerprint density at radius 3 is 2.53 bits per heavy atom. The minimum Gasteiger partial charge on any atom is -0.444 e. The Kier molecular flexibility index (Phi) is 5.24. The van der Waals surface area contributed by atoms with Crippen molar-refractivity contribution in [2.24, 2.45) is 0 Å². The van der Waals surface area contributed by atoms with Crippen LogP contribution in [0.15, 0.2) is 23.7 Å². The molecule has 0 spiro atoms. The number of pyridine rings is 1. The van der Waals surface area contributed by atoms with Crippen LogP contribution in [0.2, 0.25) is 0 Å². The molecule has 0 aliphatic carbocycles. The Morgan fingerprint density at radius 1 is 1.24 bits per heavy atom. The van der Waals surface area contributed by atoms with E-state index in [1.165, 1.54) is 28.0 Å². The Balaban J connectivity index is 1.47. The summed E-state index contributed by atoms with van der Waals surface area (Å²) in [6, 6.07) is 2.46. The van der Waals surface area contributed by atoms with Crippen molar-refractivity contribution in [2.75, 3.05) is 18.0 Å². The van der Waals surface area contributed by atoms with Crippen LogP contribution in [0.4, 0.5) is 23.9 Å². The molecule has 3 aromatic rings. The van der Waals surface area contributed by atoms with Gasteiger partial charge >= 0.3 is 12.3 Å². The van der Waals surface area contributed by atoms with Gasteiger partial charge in [0.1, 0.15) is 16.3 Å². The summed E-state index contributed by atoms with van der Waals surface area (Å²) >= 11 is 1.31. The fourth-order valence-corrected chi connectivity index (χ4v) is 5.04. The van der Waals surface area contributed by atoms with Crippen LogP contribution < -0.4 is 4.90 Å². The second-order valence-electron chi connectivity index (χ2n) is 9.44. The third kappa shape index (κ3) is 3.96. The van der Waals surface area contributed by atoms with Crippen LogP contribution in [0.3, 0.4) is 0 Å². The van der Waals surface area contributed by atoms with E-state index < -0.39 is 17.9 Å². The van der Waals surface area contributed by atoms with Gasteiger partial charge in [0, 0.05) is 30.2 Å². The summed E-state index contributed by atoms with van der Waals surface area (Å²) < 4.78 is 46.7. The number of amides is 1. The number of aromatic nitrogens is 4. The normalized spacial score (nSPS) is 21.5. The summed E-state index contributed by atoms with van der Waals surface area (Å²) in [7, 11) is 0. The monoisotopic (exact) mass is 496 g/mol. The number of ether oxygens (including phenoxy) is 1. The quantitative estimate of drug-likeness (QED) is 0.591. The highest BCUT2D eigenvalue weighted by molar-refractivity contribution is 7.13. The first-order valence-corrected chi connectivity index (χ1v) is 11.6. The highest BCUT2D eigenvalue weighted by atomic mass is 32.1. The standard InChI is InChI=1S/C21H23F3N6O3S/c1-20(2,3)33-19(32)29-11-8-12(29)10-28(9-11)18-26-16-13(15(31)21(22,23)24)4-5-14(30(16)27-18)17-25-6-7-34-17/h4-7,11-12,15,31H,8-10H2,1-3H3. The molecule has 3 aliphatic heterocycles. The smallest absolute Gasteiger partial charge is 0.418 e. The minimum atomic E-state index is -4.85. The first-order chi connectivity index (χ1) is 15.9. The van der Waals surface area contributed by atoms with Gasteiger partial charge in [0.25, 0.3) is 0 Å². The van der Waals surface area contributed by atoms with E-state index in [-0.39, 0.29) is 35.3 Å². The molecule has 0 aromatic carbocycles. The van der Waals surface area contributed by atoms with Crippen molar-refractivity contribution < 1.29 is 27.8 Å². The largest absolute Gasteiger partial charge is 0.444 e. The van der Waals surface area contributed by atoms with E-state index in [0.717, 1.165) is 6.42 Å². The molecule has 1 amide bonds. The number of aliphatic hydroxyl groups excluding tert-OH is 1. The number of alkyl halides is 3. The fraction of sp³-hybridized carbons (Fsp3) is 0.524. The van der Waals surface area contributed by atoms with Crippen LogP contribution in [-0.2, 0) is 4.74 Å². The highest BCUT2D eigenvalue weighted by Gasteiger charge is 2.49. The molecule has 6 rings (SSSR count). The van der Waals surface area contributed by atoms with E-state index in [1.54, 1.807) is 37.2 Å². The summed E-state index contributed by atoms with van der Waals surface area (Å²) in [5.41, 5.74) is -0.606. The first kappa shape index (κ1) is 22.8. The lowest BCUT2D eigenvalue weighted by Gasteiger charge is -2.55. The van der Waals surface area contributed by atoms with Gasteiger partial charge in [-0.1, -0.05) is 6.07 Å². The number of anilines is 1. The number of fused-ring (bicyclic) bond motifs is 3. The molecule has 3 unspecified atom stereocenters. The number of rotatable bonds is 3. The lowest BCUT2D eigenvalue weighted by molar-refractivity contribution is -0.206. The molecule has 9 nitrogen and oxygen atoms in total. The number of nitrogens with zero attached hydrogens (tertiary/aromatic N) is 6. The van der Waals surface area contributed by atoms with E-state index in [1.807, 2.05) is 4.90 Å². The Morgan fingerprint density at radius 2 is 1.94 bits per heavy atom. The third-order valence-corrected chi connectivity index (χ3v) is 6.64. The summed E-state index contributed by atoms with van der Waals surface area (Å²) in [4.78, 5) is 24.7.